The fourth-order valence-corrected chi connectivity index (χ4v) is 1.72. The van der Waals surface area contributed by atoms with Gasteiger partial charge in [-0.1, -0.05) is 26.0 Å². The molecule has 1 rings (SSSR count). The second kappa shape index (κ2) is 14.1. The van der Waals surface area contributed by atoms with Gasteiger partial charge in [0, 0.05) is 6.54 Å². The molecule has 0 unspecified atom stereocenters. The molecule has 0 amide bonds. The lowest BCUT2D eigenvalue weighted by molar-refractivity contribution is 0.303. The van der Waals surface area contributed by atoms with Crippen LogP contribution in [0, 0.1) is 0 Å². The maximum absolute atomic E-state index is 5.84. The maximum Gasteiger partial charge on any atom is 0.0573 e. The van der Waals surface area contributed by atoms with Crippen LogP contribution >= 0.6 is 37.2 Å². The van der Waals surface area contributed by atoms with Crippen LogP contribution < -0.4 is 11.1 Å². The van der Waals surface area contributed by atoms with Gasteiger partial charge in [-0.05, 0) is 38.2 Å². The summed E-state index contributed by atoms with van der Waals surface area (Å²) in [5, 5.41) is 3.36. The number of anilines is 2. The third kappa shape index (κ3) is 9.22. The average Bonchev–Trinajstić information content (AvgIpc) is 2.31. The summed E-state index contributed by atoms with van der Waals surface area (Å²) in [5.74, 6) is 0. The summed E-state index contributed by atoms with van der Waals surface area (Å²) in [6.07, 6.45) is 1.15. The summed E-state index contributed by atoms with van der Waals surface area (Å²) in [4.78, 5) is 2.43. The molecule has 0 spiro atoms. The van der Waals surface area contributed by atoms with E-state index in [1.54, 1.807) is 0 Å². The normalized spacial score (nSPS) is 9.00. The molecule has 0 fully saturated rings. The van der Waals surface area contributed by atoms with Gasteiger partial charge in [0.25, 0.3) is 0 Å². The number of para-hydroxylation sites is 2. The van der Waals surface area contributed by atoms with Crippen LogP contribution in [-0.2, 0) is 0 Å². The van der Waals surface area contributed by atoms with E-state index in [0.29, 0.717) is 0 Å². The molecular weight excluding hydrogens is 305 g/mol. The van der Waals surface area contributed by atoms with E-state index in [-0.39, 0.29) is 37.2 Å². The number of nitrogens with two attached hydrogens (primary N) is 1. The first-order valence-electron chi connectivity index (χ1n) is 6.08. The molecule has 6 heteroatoms. The van der Waals surface area contributed by atoms with Crippen molar-refractivity contribution in [2.24, 2.45) is 0 Å². The molecule has 1 aromatic carbocycles. The number of hydrogen-bond acceptors (Lipinski definition) is 3. The van der Waals surface area contributed by atoms with E-state index in [2.05, 4.69) is 24.1 Å². The van der Waals surface area contributed by atoms with Crippen LogP contribution in [0.5, 0.6) is 0 Å². The Labute approximate surface area is 135 Å². The topological polar surface area (TPSA) is 41.3 Å². The van der Waals surface area contributed by atoms with Crippen molar-refractivity contribution in [2.45, 2.75) is 20.3 Å². The summed E-state index contributed by atoms with van der Waals surface area (Å²) in [5.41, 5.74) is 7.71. The molecule has 19 heavy (non-hydrogen) atoms. The molecule has 1 aromatic rings. The number of halogens is 3. The fourth-order valence-electron chi connectivity index (χ4n) is 1.72. The number of benzene rings is 1. The van der Waals surface area contributed by atoms with Crippen LogP contribution in [0.2, 0.25) is 0 Å². The highest BCUT2D eigenvalue weighted by Crippen LogP contribution is 2.16. The van der Waals surface area contributed by atoms with Crippen molar-refractivity contribution in [3.63, 3.8) is 0 Å². The van der Waals surface area contributed by atoms with Crippen molar-refractivity contribution in [2.75, 3.05) is 37.2 Å². The number of hydrogen-bond donors (Lipinski definition) is 2. The summed E-state index contributed by atoms with van der Waals surface area (Å²) < 4.78 is 0. The van der Waals surface area contributed by atoms with E-state index in [9.17, 15) is 0 Å². The molecule has 0 saturated heterocycles. The smallest absolute Gasteiger partial charge is 0.0573 e. The number of rotatable bonds is 7. The van der Waals surface area contributed by atoms with Gasteiger partial charge in [0.2, 0.25) is 0 Å². The lowest BCUT2D eigenvalue weighted by atomic mass is 10.2. The van der Waals surface area contributed by atoms with E-state index >= 15 is 0 Å². The van der Waals surface area contributed by atoms with Crippen LogP contribution in [0.15, 0.2) is 24.3 Å². The Kier molecular flexibility index (Phi) is 17.6. The molecular formula is C13H26Cl3N3. The third-order valence-electron chi connectivity index (χ3n) is 2.82. The molecule has 3 N–H and O–H groups in total. The fraction of sp³-hybridized carbons (Fsp3) is 0.538. The van der Waals surface area contributed by atoms with Crippen LogP contribution in [0.1, 0.15) is 20.3 Å². The molecule has 0 aliphatic heterocycles. The van der Waals surface area contributed by atoms with Crippen molar-refractivity contribution in [1.29, 1.82) is 0 Å². The zero-order valence-electron chi connectivity index (χ0n) is 11.6. The molecule has 0 aliphatic carbocycles. The maximum atomic E-state index is 5.84. The Hall–Kier alpha value is -0.350. The van der Waals surface area contributed by atoms with Crippen molar-refractivity contribution in [1.82, 2.24) is 4.90 Å². The summed E-state index contributed by atoms with van der Waals surface area (Å²) in [7, 11) is 0. The minimum absolute atomic E-state index is 0. The molecule has 0 aliphatic rings. The van der Waals surface area contributed by atoms with Crippen LogP contribution in [0.4, 0.5) is 11.4 Å². The average molecular weight is 331 g/mol. The standard InChI is InChI=1S/C13H23N3.3ClH/c1-3-16(4-2)11-7-10-15-13-9-6-5-8-12(13)14;;;/h5-6,8-9,15H,3-4,7,10-11,14H2,1-2H3;3*1H. The Morgan fingerprint density at radius 1 is 1.05 bits per heavy atom. The number of nitrogens with zero attached hydrogens (tertiary/aromatic N) is 1. The minimum Gasteiger partial charge on any atom is -0.397 e. The minimum atomic E-state index is 0. The summed E-state index contributed by atoms with van der Waals surface area (Å²) in [6, 6.07) is 7.90. The monoisotopic (exact) mass is 329 g/mol. The molecule has 0 radical (unpaired) electrons. The predicted octanol–water partition coefficient (Wildman–Crippen LogP) is 3.68. The van der Waals surface area contributed by atoms with Gasteiger partial charge >= 0.3 is 0 Å². The van der Waals surface area contributed by atoms with Gasteiger partial charge in [-0.3, -0.25) is 0 Å². The van der Waals surface area contributed by atoms with E-state index in [1.165, 1.54) is 0 Å². The van der Waals surface area contributed by atoms with Gasteiger partial charge in [0.05, 0.1) is 11.4 Å². The molecule has 0 saturated carbocycles. The van der Waals surface area contributed by atoms with Crippen molar-refractivity contribution in [3.8, 4) is 0 Å². The van der Waals surface area contributed by atoms with E-state index in [4.69, 9.17) is 5.73 Å². The highest BCUT2D eigenvalue weighted by Gasteiger charge is 1.99. The van der Waals surface area contributed by atoms with Crippen LogP contribution in [-0.4, -0.2) is 31.1 Å². The Morgan fingerprint density at radius 3 is 2.16 bits per heavy atom. The van der Waals surface area contributed by atoms with Crippen molar-refractivity contribution in [3.05, 3.63) is 24.3 Å². The zero-order valence-corrected chi connectivity index (χ0v) is 14.0. The number of nitrogens with one attached hydrogen (secondary N) is 1. The second-order valence-electron chi connectivity index (χ2n) is 3.89. The second-order valence-corrected chi connectivity index (χ2v) is 3.89. The van der Waals surface area contributed by atoms with E-state index < -0.39 is 0 Å². The highest BCUT2D eigenvalue weighted by molar-refractivity contribution is 5.86. The molecule has 0 atom stereocenters. The van der Waals surface area contributed by atoms with Gasteiger partial charge in [-0.15, -0.1) is 37.2 Å². The number of nitrogen functional groups attached to an aromatic ring is 1. The molecule has 114 valence electrons. The first kappa shape index (κ1) is 23.7. The van der Waals surface area contributed by atoms with Crippen molar-refractivity contribution >= 4 is 48.6 Å². The molecule has 0 heterocycles. The SMILES string of the molecule is CCN(CC)CCCNc1ccccc1N.Cl.Cl.Cl. The van der Waals surface area contributed by atoms with Gasteiger partial charge in [0.15, 0.2) is 0 Å². The van der Waals surface area contributed by atoms with Gasteiger partial charge in [-0.25, -0.2) is 0 Å². The van der Waals surface area contributed by atoms with E-state index in [0.717, 1.165) is 44.0 Å². The van der Waals surface area contributed by atoms with E-state index in [1.807, 2.05) is 24.3 Å². The largest absolute Gasteiger partial charge is 0.397 e. The van der Waals surface area contributed by atoms with Gasteiger partial charge < -0.3 is 16.0 Å². The Morgan fingerprint density at radius 2 is 1.63 bits per heavy atom. The van der Waals surface area contributed by atoms with Gasteiger partial charge in [0.1, 0.15) is 0 Å². The van der Waals surface area contributed by atoms with Crippen molar-refractivity contribution < 1.29 is 0 Å². The zero-order chi connectivity index (χ0) is 11.8. The first-order chi connectivity index (χ1) is 7.77. The van der Waals surface area contributed by atoms with Crippen LogP contribution in [0.25, 0.3) is 0 Å². The first-order valence-corrected chi connectivity index (χ1v) is 6.08. The predicted molar refractivity (Wildman–Crippen MR) is 93.5 cm³/mol. The molecule has 0 aromatic heterocycles. The molecule has 0 bridgehead atoms. The molecule has 3 nitrogen and oxygen atoms in total. The third-order valence-corrected chi connectivity index (χ3v) is 2.82. The Bertz CT molecular complexity index is 307. The summed E-state index contributed by atoms with van der Waals surface area (Å²) in [6.45, 7) is 8.78. The van der Waals surface area contributed by atoms with Crippen LogP contribution in [0.3, 0.4) is 0 Å². The lowest BCUT2D eigenvalue weighted by Crippen LogP contribution is -2.25. The quantitative estimate of drug-likeness (QED) is 0.592. The van der Waals surface area contributed by atoms with Gasteiger partial charge in [-0.2, -0.15) is 0 Å². The highest BCUT2D eigenvalue weighted by atomic mass is 35.5. The summed E-state index contributed by atoms with van der Waals surface area (Å²) >= 11 is 0. The lowest BCUT2D eigenvalue weighted by Gasteiger charge is -2.18. The Balaban J connectivity index is -0.000000853.